The third kappa shape index (κ3) is 3.02. The van der Waals surface area contributed by atoms with Crippen molar-refractivity contribution in [2.45, 2.75) is 45.1 Å². The molecular formula is C15H22FNO. The minimum absolute atomic E-state index is 0.0656. The van der Waals surface area contributed by atoms with Crippen LogP contribution in [0.15, 0.2) is 18.2 Å². The second-order valence-electron chi connectivity index (χ2n) is 5.15. The second-order valence-corrected chi connectivity index (χ2v) is 5.15. The normalized spacial score (nSPS) is 17.3. The van der Waals surface area contributed by atoms with E-state index >= 15 is 0 Å². The number of rotatable bonds is 6. The van der Waals surface area contributed by atoms with Crippen molar-refractivity contribution in [3.05, 3.63) is 29.6 Å². The summed E-state index contributed by atoms with van der Waals surface area (Å²) in [6.07, 6.45) is 4.36. The first-order chi connectivity index (χ1) is 8.65. The number of hydrogen-bond donors (Lipinski definition) is 1. The predicted molar refractivity (Wildman–Crippen MR) is 71.5 cm³/mol. The van der Waals surface area contributed by atoms with E-state index in [1.165, 1.54) is 12.5 Å². The first-order valence-electron chi connectivity index (χ1n) is 6.81. The Morgan fingerprint density at radius 3 is 2.72 bits per heavy atom. The summed E-state index contributed by atoms with van der Waals surface area (Å²) in [5, 5.41) is 3.32. The minimum atomic E-state index is -0.186. The molecule has 1 saturated carbocycles. The lowest BCUT2D eigenvalue weighted by Crippen LogP contribution is -2.45. The van der Waals surface area contributed by atoms with Crippen LogP contribution in [0.5, 0.6) is 5.75 Å². The van der Waals surface area contributed by atoms with Crippen LogP contribution in [0, 0.1) is 12.7 Å². The van der Waals surface area contributed by atoms with Gasteiger partial charge >= 0.3 is 0 Å². The van der Waals surface area contributed by atoms with Gasteiger partial charge in [0, 0.05) is 6.07 Å². The summed E-state index contributed by atoms with van der Waals surface area (Å²) in [5.74, 6) is 0.475. The van der Waals surface area contributed by atoms with Gasteiger partial charge < -0.3 is 10.1 Å². The van der Waals surface area contributed by atoms with Crippen LogP contribution in [0.3, 0.4) is 0 Å². The Kier molecular flexibility index (Phi) is 4.23. The third-order valence-corrected chi connectivity index (χ3v) is 3.75. The summed E-state index contributed by atoms with van der Waals surface area (Å²) in [4.78, 5) is 0. The highest BCUT2D eigenvalue weighted by Crippen LogP contribution is 2.39. The van der Waals surface area contributed by atoms with Gasteiger partial charge in [0.2, 0.25) is 0 Å². The van der Waals surface area contributed by atoms with E-state index in [4.69, 9.17) is 4.74 Å². The Hall–Kier alpha value is -1.09. The molecule has 2 rings (SSSR count). The number of nitrogens with one attached hydrogen (secondary N) is 1. The fourth-order valence-electron chi connectivity index (χ4n) is 2.35. The van der Waals surface area contributed by atoms with Crippen LogP contribution < -0.4 is 10.1 Å². The first kappa shape index (κ1) is 13.3. The second kappa shape index (κ2) is 5.70. The van der Waals surface area contributed by atoms with E-state index < -0.39 is 0 Å². The average Bonchev–Trinajstić information content (AvgIpc) is 2.31. The smallest absolute Gasteiger partial charge is 0.129 e. The van der Waals surface area contributed by atoms with Crippen molar-refractivity contribution >= 4 is 0 Å². The molecule has 0 saturated heterocycles. The largest absolute Gasteiger partial charge is 0.487 e. The maximum atomic E-state index is 13.5. The van der Waals surface area contributed by atoms with Gasteiger partial charge in [0.1, 0.15) is 17.2 Å². The van der Waals surface area contributed by atoms with Gasteiger partial charge in [0.05, 0.1) is 0 Å². The quantitative estimate of drug-likeness (QED) is 0.782. The van der Waals surface area contributed by atoms with Crippen molar-refractivity contribution in [1.29, 1.82) is 0 Å². The standard InChI is InChI=1S/C15H22FNO/c1-3-17-10-9-15(7-4-8-15)18-13-6-5-12(2)14(16)11-13/h5-6,11,17H,3-4,7-10H2,1-2H3. The number of aryl methyl sites for hydroxylation is 1. The highest BCUT2D eigenvalue weighted by atomic mass is 19.1. The summed E-state index contributed by atoms with van der Waals surface area (Å²) in [7, 11) is 0. The molecule has 1 N–H and O–H groups in total. The van der Waals surface area contributed by atoms with Crippen LogP contribution in [0.25, 0.3) is 0 Å². The van der Waals surface area contributed by atoms with Crippen LogP contribution >= 0.6 is 0 Å². The summed E-state index contributed by atoms with van der Waals surface area (Å²) in [5.41, 5.74) is 0.599. The molecule has 18 heavy (non-hydrogen) atoms. The SMILES string of the molecule is CCNCCC1(Oc2ccc(C)c(F)c2)CCC1. The minimum Gasteiger partial charge on any atom is -0.487 e. The maximum absolute atomic E-state index is 13.5. The maximum Gasteiger partial charge on any atom is 0.129 e. The molecule has 0 amide bonds. The zero-order chi connectivity index (χ0) is 13.0. The molecule has 1 aliphatic rings. The van der Waals surface area contributed by atoms with Gasteiger partial charge in [-0.25, -0.2) is 4.39 Å². The number of halogens is 1. The van der Waals surface area contributed by atoms with E-state index in [9.17, 15) is 4.39 Å². The van der Waals surface area contributed by atoms with E-state index in [-0.39, 0.29) is 11.4 Å². The molecule has 1 aliphatic carbocycles. The van der Waals surface area contributed by atoms with Gasteiger partial charge in [-0.05, 0) is 57.3 Å². The first-order valence-corrected chi connectivity index (χ1v) is 6.81. The Balaban J connectivity index is 1.98. The molecule has 0 radical (unpaired) electrons. The molecule has 1 fully saturated rings. The van der Waals surface area contributed by atoms with E-state index in [0.29, 0.717) is 11.3 Å². The van der Waals surface area contributed by atoms with Crippen molar-refractivity contribution in [2.75, 3.05) is 13.1 Å². The zero-order valence-corrected chi connectivity index (χ0v) is 11.3. The van der Waals surface area contributed by atoms with Gasteiger partial charge in [0.15, 0.2) is 0 Å². The molecule has 0 aromatic heterocycles. The predicted octanol–water partition coefficient (Wildman–Crippen LogP) is 3.44. The number of benzene rings is 1. The Bertz CT molecular complexity index is 401. The van der Waals surface area contributed by atoms with Gasteiger partial charge in [0.25, 0.3) is 0 Å². The van der Waals surface area contributed by atoms with E-state index in [2.05, 4.69) is 12.2 Å². The van der Waals surface area contributed by atoms with E-state index in [1.807, 2.05) is 6.07 Å². The number of ether oxygens (including phenoxy) is 1. The fraction of sp³-hybridized carbons (Fsp3) is 0.600. The van der Waals surface area contributed by atoms with Gasteiger partial charge in [-0.1, -0.05) is 13.0 Å². The van der Waals surface area contributed by atoms with E-state index in [1.54, 1.807) is 13.0 Å². The summed E-state index contributed by atoms with van der Waals surface area (Å²) in [6, 6.07) is 5.15. The Morgan fingerprint density at radius 1 is 1.39 bits per heavy atom. The van der Waals surface area contributed by atoms with Crippen LogP contribution in [-0.4, -0.2) is 18.7 Å². The molecule has 100 valence electrons. The summed E-state index contributed by atoms with van der Waals surface area (Å²) in [6.45, 7) is 5.81. The fourth-order valence-corrected chi connectivity index (χ4v) is 2.35. The molecule has 0 unspecified atom stereocenters. The molecule has 0 atom stereocenters. The van der Waals surface area contributed by atoms with Crippen molar-refractivity contribution in [2.24, 2.45) is 0 Å². The highest BCUT2D eigenvalue weighted by molar-refractivity contribution is 5.29. The Labute approximate surface area is 109 Å². The average molecular weight is 251 g/mol. The van der Waals surface area contributed by atoms with Crippen LogP contribution in [0.4, 0.5) is 4.39 Å². The van der Waals surface area contributed by atoms with Gasteiger partial charge in [-0.15, -0.1) is 0 Å². The lowest BCUT2D eigenvalue weighted by molar-refractivity contribution is -0.0143. The molecule has 0 bridgehead atoms. The third-order valence-electron chi connectivity index (χ3n) is 3.75. The van der Waals surface area contributed by atoms with Crippen molar-refractivity contribution in [3.8, 4) is 5.75 Å². The summed E-state index contributed by atoms with van der Waals surface area (Å²) < 4.78 is 19.5. The van der Waals surface area contributed by atoms with Gasteiger partial charge in [-0.2, -0.15) is 0 Å². The molecule has 0 heterocycles. The lowest BCUT2D eigenvalue weighted by atomic mass is 9.77. The van der Waals surface area contributed by atoms with Crippen LogP contribution in [0.2, 0.25) is 0 Å². The molecule has 0 spiro atoms. The van der Waals surface area contributed by atoms with Crippen molar-refractivity contribution in [3.63, 3.8) is 0 Å². The molecule has 2 nitrogen and oxygen atoms in total. The van der Waals surface area contributed by atoms with Crippen molar-refractivity contribution in [1.82, 2.24) is 5.32 Å². The lowest BCUT2D eigenvalue weighted by Gasteiger charge is -2.42. The number of hydrogen-bond acceptors (Lipinski definition) is 2. The molecule has 0 aliphatic heterocycles. The topological polar surface area (TPSA) is 21.3 Å². The molecule has 1 aromatic carbocycles. The molecular weight excluding hydrogens is 229 g/mol. The van der Waals surface area contributed by atoms with Crippen molar-refractivity contribution < 1.29 is 9.13 Å². The van der Waals surface area contributed by atoms with Crippen LogP contribution in [0.1, 0.15) is 38.2 Å². The molecule has 1 aromatic rings. The van der Waals surface area contributed by atoms with Gasteiger partial charge in [-0.3, -0.25) is 0 Å². The van der Waals surface area contributed by atoms with E-state index in [0.717, 1.165) is 32.4 Å². The highest BCUT2D eigenvalue weighted by Gasteiger charge is 2.38. The summed E-state index contributed by atoms with van der Waals surface area (Å²) >= 11 is 0. The van der Waals surface area contributed by atoms with Crippen LogP contribution in [-0.2, 0) is 0 Å². The molecule has 3 heteroatoms. The monoisotopic (exact) mass is 251 g/mol. The zero-order valence-electron chi connectivity index (χ0n) is 11.3. The Morgan fingerprint density at radius 2 is 2.17 bits per heavy atom.